The van der Waals surface area contributed by atoms with Gasteiger partial charge in [0.2, 0.25) is 0 Å². The molecule has 8 nitrogen and oxygen atoms in total. The number of ether oxygens (including phenoxy) is 3. The number of carboxylic acid groups (broad SMARTS) is 1. The summed E-state index contributed by atoms with van der Waals surface area (Å²) in [6.45, 7) is 10.3. The Morgan fingerprint density at radius 3 is 1.96 bits per heavy atom. The van der Waals surface area contributed by atoms with Gasteiger partial charge in [-0.05, 0) is 6.42 Å². The first-order valence-electron chi connectivity index (χ1n) is 6.81. The molecule has 1 N–H and O–H groups in total. The third-order valence-electron chi connectivity index (χ3n) is 1.72. The van der Waals surface area contributed by atoms with Crippen LogP contribution in [0.25, 0.3) is 0 Å². The molecule has 0 rings (SSSR count). The van der Waals surface area contributed by atoms with E-state index in [9.17, 15) is 19.2 Å². The smallest absolute Gasteiger partial charge is 0.330 e. The SMILES string of the molecule is C=CC(=O)OCCCC.C=COC(C)=O.COC(=O)/C=C\C(=O)O. The number of carbonyl (C=O) groups is 4. The number of hydrogen-bond donors (Lipinski definition) is 1. The van der Waals surface area contributed by atoms with E-state index in [1.807, 2.05) is 6.92 Å². The van der Waals surface area contributed by atoms with E-state index in [-0.39, 0.29) is 11.9 Å². The van der Waals surface area contributed by atoms with E-state index >= 15 is 0 Å². The minimum atomic E-state index is -1.17. The average molecular weight is 344 g/mol. The summed E-state index contributed by atoms with van der Waals surface area (Å²) >= 11 is 0. The lowest BCUT2D eigenvalue weighted by atomic mass is 10.4. The van der Waals surface area contributed by atoms with Crippen molar-refractivity contribution < 1.29 is 38.5 Å². The molecule has 24 heavy (non-hydrogen) atoms. The van der Waals surface area contributed by atoms with Gasteiger partial charge in [0.05, 0.1) is 20.0 Å². The third-order valence-corrected chi connectivity index (χ3v) is 1.72. The second-order valence-corrected chi connectivity index (χ2v) is 3.70. The van der Waals surface area contributed by atoms with Crippen LogP contribution in [-0.2, 0) is 33.4 Å². The van der Waals surface area contributed by atoms with Crippen LogP contribution in [0.1, 0.15) is 26.7 Å². The summed E-state index contributed by atoms with van der Waals surface area (Å²) in [4.78, 5) is 40.0. The van der Waals surface area contributed by atoms with Gasteiger partial charge in [-0.1, -0.05) is 26.5 Å². The zero-order valence-electron chi connectivity index (χ0n) is 14.1. The Morgan fingerprint density at radius 1 is 1.08 bits per heavy atom. The molecule has 0 radical (unpaired) electrons. The first-order valence-corrected chi connectivity index (χ1v) is 6.81. The van der Waals surface area contributed by atoms with Crippen LogP contribution in [-0.4, -0.2) is 42.7 Å². The fourth-order valence-corrected chi connectivity index (χ4v) is 0.701. The van der Waals surface area contributed by atoms with E-state index in [4.69, 9.17) is 5.11 Å². The van der Waals surface area contributed by atoms with Gasteiger partial charge in [0.15, 0.2) is 0 Å². The zero-order valence-corrected chi connectivity index (χ0v) is 14.1. The molecule has 0 saturated heterocycles. The fourth-order valence-electron chi connectivity index (χ4n) is 0.701. The van der Waals surface area contributed by atoms with Crippen molar-refractivity contribution in [1.29, 1.82) is 0 Å². The Morgan fingerprint density at radius 2 is 1.67 bits per heavy atom. The van der Waals surface area contributed by atoms with E-state index in [1.165, 1.54) is 20.1 Å². The Balaban J connectivity index is -0.000000282. The van der Waals surface area contributed by atoms with Gasteiger partial charge in [-0.2, -0.15) is 0 Å². The topological polar surface area (TPSA) is 116 Å². The molecule has 0 spiro atoms. The molecule has 0 atom stereocenters. The van der Waals surface area contributed by atoms with Crippen LogP contribution in [0.3, 0.4) is 0 Å². The highest BCUT2D eigenvalue weighted by Gasteiger charge is 1.92. The molecule has 0 aromatic carbocycles. The van der Waals surface area contributed by atoms with Gasteiger partial charge in [0.1, 0.15) is 0 Å². The number of esters is 3. The van der Waals surface area contributed by atoms with E-state index in [2.05, 4.69) is 27.4 Å². The predicted octanol–water partition coefficient (Wildman–Crippen LogP) is 2.01. The standard InChI is InChI=1S/C7H12O2.C5H6O4.C4H6O2/c1-3-5-6-9-7(8)4-2;1-9-5(8)3-2-4(6)7;1-3-6-4(2)5/h4H,2-3,5-6H2,1H3;2-3H,1H3,(H,6,7);3H,1H2,2H3/b;3-2-;. The third kappa shape index (κ3) is 31.5. The quantitative estimate of drug-likeness (QED) is 0.245. The zero-order chi connectivity index (χ0) is 19.4. The van der Waals surface area contributed by atoms with Gasteiger partial charge >= 0.3 is 23.9 Å². The Hall–Kier alpha value is -2.90. The van der Waals surface area contributed by atoms with Crippen LogP contribution in [0.5, 0.6) is 0 Å². The number of methoxy groups -OCH3 is 1. The molecule has 0 amide bonds. The molecule has 8 heteroatoms. The number of carboxylic acids is 1. The monoisotopic (exact) mass is 344 g/mol. The second kappa shape index (κ2) is 20.1. The number of rotatable bonds is 7. The van der Waals surface area contributed by atoms with E-state index in [0.717, 1.165) is 25.2 Å². The minimum Gasteiger partial charge on any atom is -0.478 e. The summed E-state index contributed by atoms with van der Waals surface area (Å²) in [5.74, 6) is -2.49. The van der Waals surface area contributed by atoms with Crippen molar-refractivity contribution in [2.75, 3.05) is 13.7 Å². The predicted molar refractivity (Wildman–Crippen MR) is 86.8 cm³/mol. The maximum Gasteiger partial charge on any atom is 0.330 e. The first kappa shape index (κ1) is 26.0. The van der Waals surface area contributed by atoms with Crippen molar-refractivity contribution >= 4 is 23.9 Å². The summed E-state index contributed by atoms with van der Waals surface area (Å²) in [5.41, 5.74) is 0. The maximum atomic E-state index is 10.3. The lowest BCUT2D eigenvalue weighted by molar-refractivity contribution is -0.138. The molecule has 0 unspecified atom stereocenters. The van der Waals surface area contributed by atoms with Crippen LogP contribution in [0, 0.1) is 0 Å². The molecule has 0 heterocycles. The lowest BCUT2D eigenvalue weighted by Crippen LogP contribution is -2.00. The van der Waals surface area contributed by atoms with Gasteiger partial charge in [-0.3, -0.25) is 4.79 Å². The van der Waals surface area contributed by atoms with Crippen LogP contribution < -0.4 is 0 Å². The Kier molecular flexibility index (Phi) is 21.8. The molecular weight excluding hydrogens is 320 g/mol. The normalized spacial score (nSPS) is 8.46. The van der Waals surface area contributed by atoms with Crippen molar-refractivity contribution in [3.63, 3.8) is 0 Å². The molecule has 0 aliphatic heterocycles. The van der Waals surface area contributed by atoms with Crippen molar-refractivity contribution in [3.05, 3.63) is 37.6 Å². The Bertz CT molecular complexity index is 437. The maximum absolute atomic E-state index is 10.3. The first-order chi connectivity index (χ1) is 11.2. The molecule has 0 saturated carbocycles. The van der Waals surface area contributed by atoms with Gasteiger partial charge < -0.3 is 19.3 Å². The highest BCUT2D eigenvalue weighted by atomic mass is 16.5. The highest BCUT2D eigenvalue weighted by Crippen LogP contribution is 1.88. The van der Waals surface area contributed by atoms with E-state index < -0.39 is 11.9 Å². The molecular formula is C16H24O8. The van der Waals surface area contributed by atoms with Crippen molar-refractivity contribution in [3.8, 4) is 0 Å². The molecule has 0 bridgehead atoms. The largest absolute Gasteiger partial charge is 0.478 e. The molecule has 0 fully saturated rings. The second-order valence-electron chi connectivity index (χ2n) is 3.70. The summed E-state index contributed by atoms with van der Waals surface area (Å²) < 4.78 is 13.0. The van der Waals surface area contributed by atoms with Crippen LogP contribution in [0.4, 0.5) is 0 Å². The van der Waals surface area contributed by atoms with Gasteiger partial charge in [-0.25, -0.2) is 14.4 Å². The van der Waals surface area contributed by atoms with Gasteiger partial charge in [0, 0.05) is 25.2 Å². The van der Waals surface area contributed by atoms with Gasteiger partial charge in [-0.15, -0.1) is 0 Å². The van der Waals surface area contributed by atoms with E-state index in [0.29, 0.717) is 12.7 Å². The van der Waals surface area contributed by atoms with Crippen LogP contribution in [0.2, 0.25) is 0 Å². The van der Waals surface area contributed by atoms with Crippen molar-refractivity contribution in [2.45, 2.75) is 26.7 Å². The Labute approximate surface area is 141 Å². The van der Waals surface area contributed by atoms with Crippen LogP contribution in [0.15, 0.2) is 37.6 Å². The molecule has 136 valence electrons. The summed E-state index contributed by atoms with van der Waals surface area (Å²) in [6, 6.07) is 0. The summed E-state index contributed by atoms with van der Waals surface area (Å²) in [5, 5.41) is 7.96. The summed E-state index contributed by atoms with van der Waals surface area (Å²) in [6.07, 6.45) is 5.80. The number of unbranched alkanes of at least 4 members (excludes halogenated alkanes) is 1. The summed E-state index contributed by atoms with van der Waals surface area (Å²) in [7, 11) is 1.18. The highest BCUT2D eigenvalue weighted by molar-refractivity contribution is 5.90. The fraction of sp³-hybridized carbons (Fsp3) is 0.375. The molecule has 0 aliphatic carbocycles. The lowest BCUT2D eigenvalue weighted by Gasteiger charge is -1.97. The minimum absolute atomic E-state index is 0.329. The van der Waals surface area contributed by atoms with Gasteiger partial charge in [0.25, 0.3) is 0 Å². The van der Waals surface area contributed by atoms with Crippen molar-refractivity contribution in [1.82, 2.24) is 0 Å². The molecule has 0 aromatic rings. The van der Waals surface area contributed by atoms with Crippen molar-refractivity contribution in [2.24, 2.45) is 0 Å². The molecule has 0 aromatic heterocycles. The average Bonchev–Trinajstić information content (AvgIpc) is 2.53. The molecule has 0 aliphatic rings. The van der Waals surface area contributed by atoms with E-state index in [1.54, 1.807) is 0 Å². The number of hydrogen-bond acceptors (Lipinski definition) is 7. The number of aliphatic carboxylic acids is 1. The number of carbonyl (C=O) groups excluding carboxylic acids is 3. The van der Waals surface area contributed by atoms with Crippen LogP contribution >= 0.6 is 0 Å².